The summed E-state index contributed by atoms with van der Waals surface area (Å²) in [4.78, 5) is 24.7. The highest BCUT2D eigenvalue weighted by molar-refractivity contribution is 6.30. The van der Waals surface area contributed by atoms with Gasteiger partial charge in [-0.2, -0.15) is 0 Å². The van der Waals surface area contributed by atoms with E-state index in [0.717, 1.165) is 6.07 Å². The lowest BCUT2D eigenvalue weighted by atomic mass is 9.80. The molecule has 7 heteroatoms. The first-order valence-electron chi connectivity index (χ1n) is 6.56. The Balaban J connectivity index is 1.98. The van der Waals surface area contributed by atoms with E-state index >= 15 is 0 Å². The first kappa shape index (κ1) is 15.6. The number of nitrogens with one attached hydrogen (secondary N) is 1. The SMILES string of the molecule is CC1(C(=O)O)CCN(C(=O)Nc2ccc(Cl)cc2F)CC1. The molecule has 0 aromatic heterocycles. The third-order valence-electron chi connectivity index (χ3n) is 3.84. The molecule has 0 saturated carbocycles. The number of nitrogens with zero attached hydrogens (tertiary/aromatic N) is 1. The number of amides is 2. The molecular weight excluding hydrogens is 299 g/mol. The Labute approximate surface area is 126 Å². The minimum Gasteiger partial charge on any atom is -0.481 e. The number of carbonyl (C=O) groups excluding carboxylic acids is 1. The number of aliphatic carboxylic acids is 1. The molecule has 0 unspecified atom stereocenters. The largest absolute Gasteiger partial charge is 0.481 e. The Hall–Kier alpha value is -1.82. The van der Waals surface area contributed by atoms with E-state index in [1.165, 1.54) is 17.0 Å². The normalized spacial score (nSPS) is 17.4. The molecule has 1 aliphatic rings. The highest BCUT2D eigenvalue weighted by Gasteiger charge is 2.38. The molecule has 5 nitrogen and oxygen atoms in total. The number of hydrogen-bond acceptors (Lipinski definition) is 2. The van der Waals surface area contributed by atoms with Gasteiger partial charge in [0.25, 0.3) is 0 Å². The van der Waals surface area contributed by atoms with Crippen molar-refractivity contribution in [3.05, 3.63) is 29.0 Å². The molecule has 0 bridgehead atoms. The summed E-state index contributed by atoms with van der Waals surface area (Å²) in [5.41, 5.74) is -0.751. The molecular formula is C14H16ClFN2O3. The second-order valence-electron chi connectivity index (χ2n) is 5.41. The molecule has 0 radical (unpaired) electrons. The summed E-state index contributed by atoms with van der Waals surface area (Å²) in [6, 6.07) is 3.55. The van der Waals surface area contributed by atoms with Crippen molar-refractivity contribution in [2.45, 2.75) is 19.8 Å². The first-order chi connectivity index (χ1) is 9.82. The Bertz CT molecular complexity index is 571. The van der Waals surface area contributed by atoms with E-state index in [4.69, 9.17) is 16.7 Å². The van der Waals surface area contributed by atoms with Crippen molar-refractivity contribution in [3.63, 3.8) is 0 Å². The van der Waals surface area contributed by atoms with Crippen molar-refractivity contribution in [1.29, 1.82) is 0 Å². The number of benzene rings is 1. The summed E-state index contributed by atoms with van der Waals surface area (Å²) in [6.45, 7) is 2.32. The fraction of sp³-hybridized carbons (Fsp3) is 0.429. The third kappa shape index (κ3) is 3.44. The number of anilines is 1. The molecule has 1 aromatic carbocycles. The van der Waals surface area contributed by atoms with Gasteiger partial charge in [0.15, 0.2) is 0 Å². The van der Waals surface area contributed by atoms with Gasteiger partial charge in [0.05, 0.1) is 11.1 Å². The number of likely N-dealkylation sites (tertiary alicyclic amines) is 1. The average molecular weight is 315 g/mol. The Morgan fingerprint density at radius 2 is 2.00 bits per heavy atom. The quantitative estimate of drug-likeness (QED) is 0.880. The van der Waals surface area contributed by atoms with Gasteiger partial charge in [-0.25, -0.2) is 9.18 Å². The van der Waals surface area contributed by atoms with E-state index < -0.39 is 23.2 Å². The van der Waals surface area contributed by atoms with Crippen molar-refractivity contribution in [1.82, 2.24) is 4.90 Å². The summed E-state index contributed by atoms with van der Waals surface area (Å²) in [7, 11) is 0. The maximum Gasteiger partial charge on any atom is 0.321 e. The van der Waals surface area contributed by atoms with Gasteiger partial charge in [-0.05, 0) is 38.0 Å². The third-order valence-corrected chi connectivity index (χ3v) is 4.08. The minimum atomic E-state index is -0.855. The van der Waals surface area contributed by atoms with Gasteiger partial charge in [-0.1, -0.05) is 11.6 Å². The number of carbonyl (C=O) groups is 2. The predicted octanol–water partition coefficient (Wildman–Crippen LogP) is 3.20. The van der Waals surface area contributed by atoms with E-state index in [-0.39, 0.29) is 10.7 Å². The van der Waals surface area contributed by atoms with Crippen molar-refractivity contribution in [2.75, 3.05) is 18.4 Å². The van der Waals surface area contributed by atoms with E-state index in [2.05, 4.69) is 5.32 Å². The maximum atomic E-state index is 13.6. The lowest BCUT2D eigenvalue weighted by Gasteiger charge is -2.36. The molecule has 2 rings (SSSR count). The summed E-state index contributed by atoms with van der Waals surface area (Å²) < 4.78 is 13.6. The molecule has 1 aromatic rings. The molecule has 2 amide bonds. The van der Waals surface area contributed by atoms with E-state index in [0.29, 0.717) is 25.9 Å². The summed E-state index contributed by atoms with van der Waals surface area (Å²) in [5, 5.41) is 11.9. The highest BCUT2D eigenvalue weighted by Crippen LogP contribution is 2.31. The van der Waals surface area contributed by atoms with Crippen LogP contribution in [0.1, 0.15) is 19.8 Å². The van der Waals surface area contributed by atoms with Crippen LogP contribution in [0, 0.1) is 11.2 Å². The van der Waals surface area contributed by atoms with Crippen LogP contribution in [0.5, 0.6) is 0 Å². The number of rotatable bonds is 2. The summed E-state index contributed by atoms with van der Waals surface area (Å²) in [5.74, 6) is -1.46. The number of carboxylic acid groups (broad SMARTS) is 1. The van der Waals surface area contributed by atoms with Gasteiger partial charge in [0, 0.05) is 18.1 Å². The molecule has 0 aliphatic carbocycles. The Morgan fingerprint density at radius 3 is 2.52 bits per heavy atom. The van der Waals surface area contributed by atoms with Gasteiger partial charge >= 0.3 is 12.0 Å². The molecule has 21 heavy (non-hydrogen) atoms. The zero-order valence-electron chi connectivity index (χ0n) is 11.5. The molecule has 2 N–H and O–H groups in total. The number of piperidine rings is 1. The summed E-state index contributed by atoms with van der Waals surface area (Å²) >= 11 is 5.64. The van der Waals surface area contributed by atoms with Crippen LogP contribution in [-0.4, -0.2) is 35.1 Å². The lowest BCUT2D eigenvalue weighted by molar-refractivity contribution is -0.150. The van der Waals surface area contributed by atoms with Crippen LogP contribution in [0.4, 0.5) is 14.9 Å². The van der Waals surface area contributed by atoms with Crippen LogP contribution in [0.3, 0.4) is 0 Å². The lowest BCUT2D eigenvalue weighted by Crippen LogP contribution is -2.46. The standard InChI is InChI=1S/C14H16ClFN2O3/c1-14(12(19)20)4-6-18(7-5-14)13(21)17-11-3-2-9(15)8-10(11)16/h2-3,8H,4-7H2,1H3,(H,17,21)(H,19,20). The van der Waals surface area contributed by atoms with Crippen LogP contribution in [0.15, 0.2) is 18.2 Å². The smallest absolute Gasteiger partial charge is 0.321 e. The van der Waals surface area contributed by atoms with Gasteiger partial charge < -0.3 is 15.3 Å². The fourth-order valence-corrected chi connectivity index (χ4v) is 2.36. The number of hydrogen-bond donors (Lipinski definition) is 2. The zero-order chi connectivity index (χ0) is 15.6. The Morgan fingerprint density at radius 1 is 1.38 bits per heavy atom. The topological polar surface area (TPSA) is 69.6 Å². The van der Waals surface area contributed by atoms with E-state index in [1.54, 1.807) is 6.92 Å². The molecule has 0 atom stereocenters. The van der Waals surface area contributed by atoms with Crippen molar-refractivity contribution in [2.24, 2.45) is 5.41 Å². The van der Waals surface area contributed by atoms with Crippen LogP contribution in [-0.2, 0) is 4.79 Å². The molecule has 1 heterocycles. The molecule has 1 aliphatic heterocycles. The van der Waals surface area contributed by atoms with E-state index in [9.17, 15) is 14.0 Å². The highest BCUT2D eigenvalue weighted by atomic mass is 35.5. The van der Waals surface area contributed by atoms with Gasteiger partial charge in [-0.3, -0.25) is 4.79 Å². The average Bonchev–Trinajstić information content (AvgIpc) is 2.42. The van der Waals surface area contributed by atoms with Crippen LogP contribution in [0.25, 0.3) is 0 Å². The van der Waals surface area contributed by atoms with Gasteiger partial charge in [0.2, 0.25) is 0 Å². The second-order valence-corrected chi connectivity index (χ2v) is 5.84. The maximum absolute atomic E-state index is 13.6. The van der Waals surface area contributed by atoms with Crippen molar-refractivity contribution < 1.29 is 19.1 Å². The monoisotopic (exact) mass is 314 g/mol. The second kappa shape index (κ2) is 5.89. The fourth-order valence-electron chi connectivity index (χ4n) is 2.20. The summed E-state index contributed by atoms with van der Waals surface area (Å²) in [6.07, 6.45) is 0.748. The number of halogens is 2. The van der Waals surface area contributed by atoms with Crippen LogP contribution >= 0.6 is 11.6 Å². The Kier molecular flexibility index (Phi) is 4.37. The molecule has 1 fully saturated rings. The van der Waals surface area contributed by atoms with Gasteiger partial charge in [-0.15, -0.1) is 0 Å². The number of urea groups is 1. The van der Waals surface area contributed by atoms with Crippen molar-refractivity contribution >= 4 is 29.3 Å². The van der Waals surface area contributed by atoms with Gasteiger partial charge in [0.1, 0.15) is 5.82 Å². The van der Waals surface area contributed by atoms with E-state index in [1.807, 2.05) is 0 Å². The number of carboxylic acids is 1. The van der Waals surface area contributed by atoms with Crippen LogP contribution in [0.2, 0.25) is 5.02 Å². The first-order valence-corrected chi connectivity index (χ1v) is 6.94. The molecule has 0 spiro atoms. The zero-order valence-corrected chi connectivity index (χ0v) is 12.3. The predicted molar refractivity (Wildman–Crippen MR) is 77.0 cm³/mol. The van der Waals surface area contributed by atoms with Crippen molar-refractivity contribution in [3.8, 4) is 0 Å². The molecule has 1 saturated heterocycles. The van der Waals surface area contributed by atoms with Crippen LogP contribution < -0.4 is 5.32 Å². The molecule has 114 valence electrons. The minimum absolute atomic E-state index is 0.0518.